The molecule has 3 aromatic rings. The molecule has 0 fully saturated rings. The summed E-state index contributed by atoms with van der Waals surface area (Å²) in [6, 6.07) is 6.49. The van der Waals surface area contributed by atoms with Crippen molar-refractivity contribution in [1.82, 2.24) is 10.2 Å². The van der Waals surface area contributed by atoms with Gasteiger partial charge < -0.3 is 10.2 Å². The van der Waals surface area contributed by atoms with Gasteiger partial charge in [-0.2, -0.15) is 11.3 Å². The molecule has 126 valence electrons. The molecular weight excluding hydrogens is 367 g/mol. The van der Waals surface area contributed by atoms with Crippen LogP contribution in [0.4, 0.5) is 4.39 Å². The van der Waals surface area contributed by atoms with Crippen LogP contribution < -0.4 is 5.32 Å². The lowest BCUT2D eigenvalue weighted by atomic mass is 10.1. The van der Waals surface area contributed by atoms with Crippen LogP contribution in [0, 0.1) is 5.82 Å². The summed E-state index contributed by atoms with van der Waals surface area (Å²) in [6.07, 6.45) is 0. The molecule has 3 nitrogen and oxygen atoms in total. The molecule has 7 heteroatoms. The summed E-state index contributed by atoms with van der Waals surface area (Å²) in [7, 11) is 3.95. The van der Waals surface area contributed by atoms with E-state index in [1.54, 1.807) is 17.4 Å². The number of likely N-dealkylation sites (N-methyl/N-ethyl adjacent to an activating group) is 1. The highest BCUT2D eigenvalue weighted by Gasteiger charge is 2.20. The molecule has 0 saturated heterocycles. The van der Waals surface area contributed by atoms with Gasteiger partial charge in [-0.15, -0.1) is 11.3 Å². The number of nitrogens with one attached hydrogen (secondary N) is 1. The average Bonchev–Trinajstić information content (AvgIpc) is 3.15. The smallest absolute Gasteiger partial charge is 0.262 e. The molecule has 2 aromatic heterocycles. The van der Waals surface area contributed by atoms with E-state index in [0.29, 0.717) is 26.5 Å². The Morgan fingerprint density at radius 1 is 1.38 bits per heavy atom. The lowest BCUT2D eigenvalue weighted by molar-refractivity contribution is 0.0946. The van der Waals surface area contributed by atoms with E-state index in [4.69, 9.17) is 11.6 Å². The third-order valence-electron chi connectivity index (χ3n) is 3.81. The molecule has 1 amide bonds. The van der Waals surface area contributed by atoms with Crippen molar-refractivity contribution < 1.29 is 9.18 Å². The van der Waals surface area contributed by atoms with E-state index in [1.165, 1.54) is 23.5 Å². The standard InChI is InChI=1S/C17H16ClFN2OS2/c1-21(2)13(10-5-6-23-9-10)8-20-17(22)16-15(18)12-4-3-11(19)7-14(12)24-16/h3-7,9,13H,8H2,1-2H3,(H,20,22)/t13-/m0/s1. The predicted molar refractivity (Wildman–Crippen MR) is 99.9 cm³/mol. The van der Waals surface area contributed by atoms with Gasteiger partial charge in [0.1, 0.15) is 10.7 Å². The minimum atomic E-state index is -0.336. The van der Waals surface area contributed by atoms with E-state index >= 15 is 0 Å². The summed E-state index contributed by atoms with van der Waals surface area (Å²) in [5, 5.41) is 8.12. The van der Waals surface area contributed by atoms with Gasteiger partial charge in [-0.1, -0.05) is 11.6 Å². The number of hydrogen-bond donors (Lipinski definition) is 1. The zero-order valence-corrected chi connectivity index (χ0v) is 15.6. The minimum absolute atomic E-state index is 0.0887. The zero-order chi connectivity index (χ0) is 17.3. The SMILES string of the molecule is CN(C)[C@@H](CNC(=O)c1sc2cc(F)ccc2c1Cl)c1ccsc1. The fourth-order valence-electron chi connectivity index (χ4n) is 2.52. The molecule has 0 aliphatic carbocycles. The second-order valence-electron chi connectivity index (χ2n) is 5.63. The molecule has 1 N–H and O–H groups in total. The van der Waals surface area contributed by atoms with Crippen LogP contribution in [0.25, 0.3) is 10.1 Å². The molecule has 0 saturated carbocycles. The van der Waals surface area contributed by atoms with E-state index in [2.05, 4.69) is 21.7 Å². The molecule has 3 rings (SSSR count). The number of rotatable bonds is 5. The first kappa shape index (κ1) is 17.4. The number of nitrogens with zero attached hydrogens (tertiary/aromatic N) is 1. The molecule has 2 heterocycles. The Balaban J connectivity index is 1.78. The maximum atomic E-state index is 13.3. The fraction of sp³-hybridized carbons (Fsp3) is 0.235. The van der Waals surface area contributed by atoms with Crippen LogP contribution in [0.3, 0.4) is 0 Å². The van der Waals surface area contributed by atoms with Crippen molar-refractivity contribution in [3.63, 3.8) is 0 Å². The molecule has 0 spiro atoms. The number of benzene rings is 1. The van der Waals surface area contributed by atoms with Crippen molar-refractivity contribution in [2.24, 2.45) is 0 Å². The van der Waals surface area contributed by atoms with Crippen molar-refractivity contribution in [2.45, 2.75) is 6.04 Å². The van der Waals surface area contributed by atoms with Crippen LogP contribution in [0.5, 0.6) is 0 Å². The topological polar surface area (TPSA) is 32.3 Å². The Morgan fingerprint density at radius 2 is 2.17 bits per heavy atom. The van der Waals surface area contributed by atoms with Crippen LogP contribution in [0.1, 0.15) is 21.3 Å². The fourth-order valence-corrected chi connectivity index (χ4v) is 4.68. The molecular formula is C17H16ClFN2OS2. The lowest BCUT2D eigenvalue weighted by Gasteiger charge is -2.23. The number of fused-ring (bicyclic) bond motifs is 1. The normalized spacial score (nSPS) is 12.7. The minimum Gasteiger partial charge on any atom is -0.349 e. The third kappa shape index (κ3) is 3.47. The number of halogens is 2. The molecule has 1 aromatic carbocycles. The Hall–Kier alpha value is -1.47. The monoisotopic (exact) mass is 382 g/mol. The van der Waals surface area contributed by atoms with Crippen LogP contribution in [0.15, 0.2) is 35.0 Å². The summed E-state index contributed by atoms with van der Waals surface area (Å²) in [6.45, 7) is 0.474. The van der Waals surface area contributed by atoms with Gasteiger partial charge in [-0.25, -0.2) is 4.39 Å². The van der Waals surface area contributed by atoms with Crippen molar-refractivity contribution in [3.8, 4) is 0 Å². The number of thiophene rings is 2. The maximum absolute atomic E-state index is 13.3. The molecule has 0 unspecified atom stereocenters. The van der Waals surface area contributed by atoms with Crippen molar-refractivity contribution in [2.75, 3.05) is 20.6 Å². The second kappa shape index (κ2) is 7.19. The zero-order valence-electron chi connectivity index (χ0n) is 13.2. The van der Waals surface area contributed by atoms with Gasteiger partial charge in [-0.3, -0.25) is 4.79 Å². The van der Waals surface area contributed by atoms with Crippen LogP contribution in [-0.4, -0.2) is 31.4 Å². The van der Waals surface area contributed by atoms with Gasteiger partial charge in [0.25, 0.3) is 5.91 Å². The number of carbonyl (C=O) groups is 1. The highest BCUT2D eigenvalue weighted by molar-refractivity contribution is 7.21. The summed E-state index contributed by atoms with van der Waals surface area (Å²) in [5.74, 6) is -0.568. The first-order valence-corrected chi connectivity index (χ1v) is 9.45. The highest BCUT2D eigenvalue weighted by atomic mass is 35.5. The molecule has 0 bridgehead atoms. The Bertz CT molecular complexity index is 861. The molecule has 24 heavy (non-hydrogen) atoms. The quantitative estimate of drug-likeness (QED) is 0.688. The van der Waals surface area contributed by atoms with Gasteiger partial charge in [0.05, 0.1) is 11.1 Å². The predicted octanol–water partition coefficient (Wildman–Crippen LogP) is 4.79. The first-order chi connectivity index (χ1) is 11.5. The maximum Gasteiger partial charge on any atom is 0.262 e. The van der Waals surface area contributed by atoms with E-state index < -0.39 is 0 Å². The van der Waals surface area contributed by atoms with Gasteiger partial charge in [0.2, 0.25) is 0 Å². The second-order valence-corrected chi connectivity index (χ2v) is 7.84. The molecule has 1 atom stereocenters. The van der Waals surface area contributed by atoms with E-state index in [-0.39, 0.29) is 17.8 Å². The van der Waals surface area contributed by atoms with E-state index in [9.17, 15) is 9.18 Å². The lowest BCUT2D eigenvalue weighted by Crippen LogP contribution is -2.34. The molecule has 0 aliphatic heterocycles. The number of amides is 1. The summed E-state index contributed by atoms with van der Waals surface area (Å²) < 4.78 is 14.0. The highest BCUT2D eigenvalue weighted by Crippen LogP contribution is 2.35. The molecule has 0 radical (unpaired) electrons. The van der Waals surface area contributed by atoms with Crippen LogP contribution in [-0.2, 0) is 0 Å². The Morgan fingerprint density at radius 3 is 2.83 bits per heavy atom. The van der Waals surface area contributed by atoms with Crippen LogP contribution in [0.2, 0.25) is 5.02 Å². The van der Waals surface area contributed by atoms with Crippen molar-refractivity contribution in [1.29, 1.82) is 0 Å². The number of hydrogen-bond acceptors (Lipinski definition) is 4. The van der Waals surface area contributed by atoms with Crippen molar-refractivity contribution >= 4 is 50.3 Å². The van der Waals surface area contributed by atoms with Gasteiger partial charge in [0, 0.05) is 16.6 Å². The van der Waals surface area contributed by atoms with Gasteiger partial charge in [-0.05, 0) is 54.7 Å². The summed E-state index contributed by atoms with van der Waals surface area (Å²) >= 11 is 9.14. The Labute approximate surface area is 152 Å². The third-order valence-corrected chi connectivity index (χ3v) is 6.16. The molecule has 0 aliphatic rings. The number of carbonyl (C=O) groups excluding carboxylic acids is 1. The van der Waals surface area contributed by atoms with Crippen LogP contribution >= 0.6 is 34.3 Å². The largest absolute Gasteiger partial charge is 0.349 e. The van der Waals surface area contributed by atoms with Gasteiger partial charge >= 0.3 is 0 Å². The van der Waals surface area contributed by atoms with Crippen molar-refractivity contribution in [3.05, 3.63) is 56.3 Å². The summed E-state index contributed by atoms with van der Waals surface area (Å²) in [4.78, 5) is 15.0. The van der Waals surface area contributed by atoms with Gasteiger partial charge in [0.15, 0.2) is 0 Å². The first-order valence-electron chi connectivity index (χ1n) is 7.31. The summed E-state index contributed by atoms with van der Waals surface area (Å²) in [5.41, 5.74) is 1.16. The van der Waals surface area contributed by atoms with E-state index in [0.717, 1.165) is 5.56 Å². The Kier molecular flexibility index (Phi) is 5.20. The van der Waals surface area contributed by atoms with E-state index in [1.807, 2.05) is 19.5 Å². The average molecular weight is 383 g/mol.